The van der Waals surface area contributed by atoms with Gasteiger partial charge in [-0.15, -0.1) is 6.42 Å². The molecular formula is C26H31IN7O3P. The van der Waals surface area contributed by atoms with Gasteiger partial charge in [0.1, 0.15) is 17.9 Å². The molecule has 38 heavy (non-hydrogen) atoms. The summed E-state index contributed by atoms with van der Waals surface area (Å²) in [7, 11) is 1.82. The molecule has 0 radical (unpaired) electrons. The number of nitrogens with one attached hydrogen (secondary N) is 1. The zero-order valence-electron chi connectivity index (χ0n) is 22.2. The SMILES string of the molecule is C#Cc1nn(PI)c2ccc(-c3cn[nH]c3CN(C(=O)OC(C)(C)C)C(C)COc3cc(C)nn3C)cc12. The van der Waals surface area contributed by atoms with E-state index in [0.717, 1.165) is 33.4 Å². The molecule has 0 aliphatic rings. The van der Waals surface area contributed by atoms with E-state index in [4.69, 9.17) is 15.9 Å². The van der Waals surface area contributed by atoms with Crippen LogP contribution in [0.5, 0.6) is 5.88 Å². The number of amides is 1. The minimum atomic E-state index is -0.651. The summed E-state index contributed by atoms with van der Waals surface area (Å²) in [5, 5.41) is 17.1. The van der Waals surface area contributed by atoms with Gasteiger partial charge in [-0.3, -0.25) is 10.00 Å². The summed E-state index contributed by atoms with van der Waals surface area (Å²) in [6, 6.07) is 7.60. The van der Waals surface area contributed by atoms with Gasteiger partial charge in [0.25, 0.3) is 0 Å². The number of benzene rings is 1. The van der Waals surface area contributed by atoms with E-state index in [2.05, 4.69) is 48.4 Å². The minimum Gasteiger partial charge on any atom is -0.476 e. The lowest BCUT2D eigenvalue weighted by Gasteiger charge is -2.31. The first-order valence-corrected chi connectivity index (χ1v) is 16.1. The third kappa shape index (κ3) is 6.13. The number of fused-ring (bicyclic) bond motifs is 1. The van der Waals surface area contributed by atoms with Crippen LogP contribution < -0.4 is 4.74 Å². The Morgan fingerprint density at radius 2 is 2.08 bits per heavy atom. The fourth-order valence-electron chi connectivity index (χ4n) is 4.05. The van der Waals surface area contributed by atoms with E-state index in [9.17, 15) is 4.79 Å². The van der Waals surface area contributed by atoms with Crippen molar-refractivity contribution >= 4 is 45.4 Å². The standard InChI is InChI=1S/C26H31IN7O3P/c1-8-21-19-12-18(9-10-23(19)34(31-21)38-27)20-13-28-29-22(20)14-33(25(35)37-26(4,5)6)17(3)15-36-24-11-16(2)30-32(24)7/h1,9-13,17,38H,14-15H2,2-7H3,(H,28,29). The maximum absolute atomic E-state index is 13.3. The third-order valence-corrected chi connectivity index (χ3v) is 7.72. The highest BCUT2D eigenvalue weighted by molar-refractivity contribution is 14.2. The van der Waals surface area contributed by atoms with Crippen LogP contribution in [0.4, 0.5) is 4.79 Å². The number of aromatic nitrogens is 6. The summed E-state index contributed by atoms with van der Waals surface area (Å²) in [6.45, 7) is 9.87. The van der Waals surface area contributed by atoms with Crippen molar-refractivity contribution in [3.63, 3.8) is 0 Å². The Morgan fingerprint density at radius 1 is 1.32 bits per heavy atom. The predicted molar refractivity (Wildman–Crippen MR) is 158 cm³/mol. The topological polar surface area (TPSA) is 103 Å². The smallest absolute Gasteiger partial charge is 0.411 e. The van der Waals surface area contributed by atoms with E-state index in [1.165, 1.54) is 0 Å². The molecule has 1 aromatic carbocycles. The average molecular weight is 647 g/mol. The van der Waals surface area contributed by atoms with Gasteiger partial charge in [0.05, 0.1) is 42.1 Å². The summed E-state index contributed by atoms with van der Waals surface area (Å²) in [4.78, 5) is 15.0. The number of rotatable bonds is 8. The van der Waals surface area contributed by atoms with Gasteiger partial charge in [0, 0.05) is 24.1 Å². The summed E-state index contributed by atoms with van der Waals surface area (Å²) in [5.74, 6) is 3.32. The maximum atomic E-state index is 13.3. The highest BCUT2D eigenvalue weighted by Gasteiger charge is 2.28. The van der Waals surface area contributed by atoms with Crippen LogP contribution in [-0.4, -0.2) is 58.8 Å². The quantitative estimate of drug-likeness (QED) is 0.155. The molecule has 4 rings (SSSR count). The van der Waals surface area contributed by atoms with Gasteiger partial charge < -0.3 is 9.47 Å². The lowest BCUT2D eigenvalue weighted by molar-refractivity contribution is 0.0101. The van der Waals surface area contributed by atoms with Crippen LogP contribution in [0.2, 0.25) is 0 Å². The molecule has 4 aromatic rings. The van der Waals surface area contributed by atoms with Gasteiger partial charge in [-0.25, -0.2) is 13.9 Å². The molecule has 2 unspecified atom stereocenters. The van der Waals surface area contributed by atoms with Gasteiger partial charge in [0.2, 0.25) is 5.88 Å². The summed E-state index contributed by atoms with van der Waals surface area (Å²) in [6.07, 6.45) is 7.48. The fourth-order valence-corrected chi connectivity index (χ4v) is 5.58. The number of hydrogen-bond donors (Lipinski definition) is 1. The zero-order chi connectivity index (χ0) is 27.6. The highest BCUT2D eigenvalue weighted by Crippen LogP contribution is 2.33. The number of carbonyl (C=O) groups is 1. The second-order valence-corrected chi connectivity index (χ2v) is 12.0. The van der Waals surface area contributed by atoms with Gasteiger partial charge >= 0.3 is 6.09 Å². The van der Waals surface area contributed by atoms with Crippen LogP contribution in [0.1, 0.15) is 44.8 Å². The summed E-state index contributed by atoms with van der Waals surface area (Å²) >= 11 is 2.28. The Kier molecular flexibility index (Phi) is 8.33. The number of hydrogen-bond acceptors (Lipinski definition) is 6. The van der Waals surface area contributed by atoms with Gasteiger partial charge in [0.15, 0.2) is 0 Å². The van der Waals surface area contributed by atoms with Crippen molar-refractivity contribution in [2.45, 2.75) is 52.8 Å². The number of ether oxygens (including phenoxy) is 2. The summed E-state index contributed by atoms with van der Waals surface area (Å²) in [5.41, 5.74) is 4.34. The molecule has 0 bridgehead atoms. The Labute approximate surface area is 236 Å². The molecule has 1 N–H and O–H groups in total. The number of aromatic amines is 1. The molecule has 3 aromatic heterocycles. The van der Waals surface area contributed by atoms with Crippen molar-refractivity contribution in [2.75, 3.05) is 6.61 Å². The molecule has 2 atom stereocenters. The van der Waals surface area contributed by atoms with Crippen LogP contribution >= 0.6 is 28.4 Å². The minimum absolute atomic E-state index is 0.244. The van der Waals surface area contributed by atoms with Crippen molar-refractivity contribution in [3.05, 3.63) is 47.5 Å². The van der Waals surface area contributed by atoms with Crippen molar-refractivity contribution in [1.29, 1.82) is 0 Å². The molecule has 10 nitrogen and oxygen atoms in total. The van der Waals surface area contributed by atoms with Crippen LogP contribution in [-0.2, 0) is 18.3 Å². The second-order valence-electron chi connectivity index (χ2n) is 10.00. The molecule has 12 heteroatoms. The monoisotopic (exact) mass is 647 g/mol. The van der Waals surface area contributed by atoms with E-state index in [1.807, 2.05) is 70.4 Å². The number of H-pyrrole nitrogens is 1. The average Bonchev–Trinajstić information content (AvgIpc) is 3.55. The summed E-state index contributed by atoms with van der Waals surface area (Å²) < 4.78 is 15.3. The molecule has 0 saturated heterocycles. The van der Waals surface area contributed by atoms with Crippen LogP contribution in [0.25, 0.3) is 22.0 Å². The fraction of sp³-hybridized carbons (Fsp3) is 0.385. The van der Waals surface area contributed by atoms with Crippen molar-refractivity contribution in [1.82, 2.24) is 34.4 Å². The van der Waals surface area contributed by atoms with Crippen molar-refractivity contribution in [2.24, 2.45) is 7.05 Å². The first-order chi connectivity index (χ1) is 18.0. The zero-order valence-corrected chi connectivity index (χ0v) is 25.4. The number of halogens is 1. The number of terminal acetylenes is 1. The largest absolute Gasteiger partial charge is 0.476 e. The van der Waals surface area contributed by atoms with Crippen LogP contribution in [0.3, 0.4) is 0 Å². The lowest BCUT2D eigenvalue weighted by Crippen LogP contribution is -2.44. The highest BCUT2D eigenvalue weighted by atomic mass is 127. The van der Waals surface area contributed by atoms with Gasteiger partial charge in [-0.05, 0) is 80.3 Å². The molecular weight excluding hydrogens is 616 g/mol. The Hall–Kier alpha value is -3.10. The van der Waals surface area contributed by atoms with Crippen LogP contribution in [0.15, 0.2) is 30.5 Å². The van der Waals surface area contributed by atoms with E-state index in [-0.39, 0.29) is 19.2 Å². The van der Waals surface area contributed by atoms with E-state index >= 15 is 0 Å². The molecule has 0 fully saturated rings. The molecule has 3 heterocycles. The van der Waals surface area contributed by atoms with E-state index in [0.29, 0.717) is 17.9 Å². The van der Waals surface area contributed by atoms with Crippen molar-refractivity contribution < 1.29 is 14.3 Å². The van der Waals surface area contributed by atoms with Crippen molar-refractivity contribution in [3.8, 4) is 29.4 Å². The molecule has 0 saturated carbocycles. The first-order valence-electron chi connectivity index (χ1n) is 12.0. The maximum Gasteiger partial charge on any atom is 0.411 e. The predicted octanol–water partition coefficient (Wildman–Crippen LogP) is 5.45. The first kappa shape index (κ1) is 27.9. The van der Waals surface area contributed by atoms with Gasteiger partial charge in [-0.2, -0.15) is 15.3 Å². The number of nitrogens with zero attached hydrogens (tertiary/aromatic N) is 6. The normalized spacial score (nSPS) is 12.7. The number of carbonyl (C=O) groups excluding carboxylic acids is 1. The van der Waals surface area contributed by atoms with Crippen LogP contribution in [0, 0.1) is 19.3 Å². The molecule has 0 aliphatic carbocycles. The Balaban J connectivity index is 1.63. The molecule has 1 amide bonds. The molecule has 200 valence electrons. The molecule has 0 spiro atoms. The third-order valence-electron chi connectivity index (χ3n) is 5.85. The van der Waals surface area contributed by atoms with Gasteiger partial charge in [-0.1, -0.05) is 6.07 Å². The van der Waals surface area contributed by atoms with E-state index in [1.54, 1.807) is 15.8 Å². The van der Waals surface area contributed by atoms with E-state index < -0.39 is 11.7 Å². The lowest BCUT2D eigenvalue weighted by atomic mass is 10.0. The number of aryl methyl sites for hydroxylation is 2. The second kappa shape index (κ2) is 11.3. The Bertz CT molecular complexity index is 1490. The molecule has 0 aliphatic heterocycles. The Morgan fingerprint density at radius 3 is 2.71 bits per heavy atom.